The molecule has 0 aliphatic heterocycles. The van der Waals surface area contributed by atoms with Crippen molar-refractivity contribution in [1.82, 2.24) is 4.90 Å². The number of benzene rings is 1. The summed E-state index contributed by atoms with van der Waals surface area (Å²) in [6.07, 6.45) is 0. The zero-order valence-corrected chi connectivity index (χ0v) is 13.4. The van der Waals surface area contributed by atoms with Crippen LogP contribution in [0.25, 0.3) is 10.1 Å². The van der Waals surface area contributed by atoms with Gasteiger partial charge in [0.2, 0.25) is 0 Å². The van der Waals surface area contributed by atoms with Crippen molar-refractivity contribution in [2.75, 3.05) is 20.3 Å². The second kappa shape index (κ2) is 7.02. The van der Waals surface area contributed by atoms with Gasteiger partial charge in [0.1, 0.15) is 4.88 Å². The summed E-state index contributed by atoms with van der Waals surface area (Å²) in [5.74, 6) is -0.846. The average molecular weight is 307 g/mol. The Labute approximate surface area is 129 Å². The van der Waals surface area contributed by atoms with Crippen LogP contribution in [-0.4, -0.2) is 42.3 Å². The third kappa shape index (κ3) is 3.43. The average Bonchev–Trinajstić information content (AvgIpc) is 2.83. The number of fused-ring (bicyclic) bond motifs is 1. The van der Waals surface area contributed by atoms with Gasteiger partial charge in [-0.2, -0.15) is 0 Å². The summed E-state index contributed by atoms with van der Waals surface area (Å²) < 4.78 is 6.24. The zero-order valence-electron chi connectivity index (χ0n) is 12.6. The van der Waals surface area contributed by atoms with E-state index in [1.165, 1.54) is 11.3 Å². The Balaban J connectivity index is 2.39. The highest BCUT2D eigenvalue weighted by Crippen LogP contribution is 2.32. The maximum absolute atomic E-state index is 11.5. The number of carboxylic acid groups (broad SMARTS) is 1. The van der Waals surface area contributed by atoms with E-state index >= 15 is 0 Å². The van der Waals surface area contributed by atoms with E-state index in [1.807, 2.05) is 24.3 Å². The van der Waals surface area contributed by atoms with Crippen molar-refractivity contribution in [3.8, 4) is 0 Å². The van der Waals surface area contributed by atoms with Crippen molar-refractivity contribution in [2.45, 2.75) is 26.4 Å². The van der Waals surface area contributed by atoms with Crippen molar-refractivity contribution < 1.29 is 14.6 Å². The Kier molecular flexibility index (Phi) is 5.33. The van der Waals surface area contributed by atoms with Crippen LogP contribution in [0.4, 0.5) is 0 Å². The van der Waals surface area contributed by atoms with Crippen LogP contribution in [0.2, 0.25) is 0 Å². The van der Waals surface area contributed by atoms with Crippen LogP contribution in [-0.2, 0) is 11.3 Å². The van der Waals surface area contributed by atoms with Crippen molar-refractivity contribution in [3.63, 3.8) is 0 Å². The zero-order chi connectivity index (χ0) is 15.4. The quantitative estimate of drug-likeness (QED) is 0.851. The Hall–Kier alpha value is -1.43. The Morgan fingerprint density at radius 3 is 2.76 bits per heavy atom. The van der Waals surface area contributed by atoms with E-state index in [0.29, 0.717) is 18.0 Å². The van der Waals surface area contributed by atoms with E-state index in [2.05, 4.69) is 18.7 Å². The highest BCUT2D eigenvalue weighted by atomic mass is 32.1. The lowest BCUT2D eigenvalue weighted by atomic mass is 10.1. The highest BCUT2D eigenvalue weighted by molar-refractivity contribution is 7.21. The number of nitrogens with zero attached hydrogens (tertiary/aromatic N) is 1. The lowest BCUT2D eigenvalue weighted by Gasteiger charge is -2.27. The topological polar surface area (TPSA) is 49.8 Å². The SMILES string of the molecule is CCN(Cc1c(C(=O)O)sc2ccccc12)C(C)COC. The molecule has 1 atom stereocenters. The minimum Gasteiger partial charge on any atom is -0.477 e. The number of likely N-dealkylation sites (N-methyl/N-ethyl adjacent to an activating group) is 1. The molecule has 2 aromatic rings. The molecule has 1 heterocycles. The molecular formula is C16H21NO3S. The molecule has 0 saturated heterocycles. The minimum absolute atomic E-state index is 0.250. The first-order valence-electron chi connectivity index (χ1n) is 7.05. The number of rotatable bonds is 7. The third-order valence-corrected chi connectivity index (χ3v) is 4.89. The minimum atomic E-state index is -0.846. The van der Waals surface area contributed by atoms with Crippen LogP contribution in [0.1, 0.15) is 29.1 Å². The van der Waals surface area contributed by atoms with Crippen LogP contribution >= 0.6 is 11.3 Å². The van der Waals surface area contributed by atoms with E-state index in [0.717, 1.165) is 22.2 Å². The molecule has 1 aromatic carbocycles. The van der Waals surface area contributed by atoms with Crippen LogP contribution in [0, 0.1) is 0 Å². The fourth-order valence-electron chi connectivity index (χ4n) is 2.56. The fourth-order valence-corrected chi connectivity index (χ4v) is 3.61. The molecule has 2 rings (SSSR count). The fraction of sp³-hybridized carbons (Fsp3) is 0.438. The predicted octanol–water partition coefficient (Wildman–Crippen LogP) is 3.46. The van der Waals surface area contributed by atoms with E-state index in [9.17, 15) is 9.90 Å². The van der Waals surface area contributed by atoms with Gasteiger partial charge in [-0.1, -0.05) is 25.1 Å². The van der Waals surface area contributed by atoms with Crippen molar-refractivity contribution >= 4 is 27.4 Å². The maximum atomic E-state index is 11.5. The van der Waals surface area contributed by atoms with Crippen molar-refractivity contribution in [1.29, 1.82) is 0 Å². The summed E-state index contributed by atoms with van der Waals surface area (Å²) in [5.41, 5.74) is 0.910. The first kappa shape index (κ1) is 15.9. The molecule has 0 amide bonds. The summed E-state index contributed by atoms with van der Waals surface area (Å²) in [5, 5.41) is 10.5. The first-order chi connectivity index (χ1) is 10.1. The van der Waals surface area contributed by atoms with Gasteiger partial charge in [-0.25, -0.2) is 4.79 Å². The summed E-state index contributed by atoms with van der Waals surface area (Å²) in [4.78, 5) is 14.2. The van der Waals surface area contributed by atoms with Gasteiger partial charge in [0, 0.05) is 24.4 Å². The number of aromatic carboxylic acids is 1. The van der Waals surface area contributed by atoms with Gasteiger partial charge in [-0.3, -0.25) is 4.90 Å². The number of ether oxygens (including phenoxy) is 1. The number of carboxylic acids is 1. The second-order valence-electron chi connectivity index (χ2n) is 5.08. The molecule has 1 unspecified atom stereocenters. The molecule has 0 spiro atoms. The molecule has 0 aliphatic rings. The lowest BCUT2D eigenvalue weighted by Crippen LogP contribution is -2.35. The third-order valence-electron chi connectivity index (χ3n) is 3.69. The van der Waals surface area contributed by atoms with Gasteiger partial charge >= 0.3 is 5.97 Å². The largest absolute Gasteiger partial charge is 0.477 e. The smallest absolute Gasteiger partial charge is 0.346 e. The van der Waals surface area contributed by atoms with E-state index in [-0.39, 0.29) is 6.04 Å². The molecule has 0 fully saturated rings. The summed E-state index contributed by atoms with van der Waals surface area (Å²) >= 11 is 1.35. The van der Waals surface area contributed by atoms with Gasteiger partial charge in [0.15, 0.2) is 0 Å². The van der Waals surface area contributed by atoms with Gasteiger partial charge in [-0.15, -0.1) is 11.3 Å². The van der Waals surface area contributed by atoms with Crippen LogP contribution in [0.3, 0.4) is 0 Å². The van der Waals surface area contributed by atoms with E-state index in [4.69, 9.17) is 4.74 Å². The molecule has 114 valence electrons. The van der Waals surface area contributed by atoms with E-state index < -0.39 is 5.97 Å². The Morgan fingerprint density at radius 2 is 2.14 bits per heavy atom. The lowest BCUT2D eigenvalue weighted by molar-refractivity contribution is 0.0697. The molecule has 0 bridgehead atoms. The monoisotopic (exact) mass is 307 g/mol. The molecule has 1 N–H and O–H groups in total. The van der Waals surface area contributed by atoms with Crippen molar-refractivity contribution in [2.24, 2.45) is 0 Å². The standard InChI is InChI=1S/C16H21NO3S/c1-4-17(11(2)10-20-3)9-13-12-7-5-6-8-14(12)21-15(13)16(18)19/h5-8,11H,4,9-10H2,1-3H3,(H,18,19). The maximum Gasteiger partial charge on any atom is 0.346 e. The molecule has 0 aliphatic carbocycles. The number of thiophene rings is 1. The second-order valence-corrected chi connectivity index (χ2v) is 6.13. The first-order valence-corrected chi connectivity index (χ1v) is 7.86. The van der Waals surface area contributed by atoms with Gasteiger partial charge in [0.05, 0.1) is 6.61 Å². The predicted molar refractivity (Wildman–Crippen MR) is 86.2 cm³/mol. The van der Waals surface area contributed by atoms with E-state index in [1.54, 1.807) is 7.11 Å². The molecule has 5 heteroatoms. The summed E-state index contributed by atoms with van der Waals surface area (Å²) in [6, 6.07) is 8.13. The number of methoxy groups -OCH3 is 1. The van der Waals surface area contributed by atoms with Crippen LogP contribution in [0.15, 0.2) is 24.3 Å². The number of hydrogen-bond acceptors (Lipinski definition) is 4. The summed E-state index contributed by atoms with van der Waals surface area (Å²) in [7, 11) is 1.69. The highest BCUT2D eigenvalue weighted by Gasteiger charge is 2.21. The van der Waals surface area contributed by atoms with Gasteiger partial charge < -0.3 is 9.84 Å². The van der Waals surface area contributed by atoms with Crippen LogP contribution < -0.4 is 0 Å². The molecule has 1 aromatic heterocycles. The van der Waals surface area contributed by atoms with Gasteiger partial charge in [0.25, 0.3) is 0 Å². The summed E-state index contributed by atoms with van der Waals surface area (Å²) in [6.45, 7) is 6.31. The number of hydrogen-bond donors (Lipinski definition) is 1. The Bertz CT molecular complexity index is 623. The number of carbonyl (C=O) groups is 1. The van der Waals surface area contributed by atoms with Crippen LogP contribution in [0.5, 0.6) is 0 Å². The van der Waals surface area contributed by atoms with Gasteiger partial charge in [-0.05, 0) is 30.5 Å². The molecule has 4 nitrogen and oxygen atoms in total. The molecular weight excluding hydrogens is 286 g/mol. The molecule has 0 radical (unpaired) electrons. The molecule has 21 heavy (non-hydrogen) atoms. The van der Waals surface area contributed by atoms with Crippen molar-refractivity contribution in [3.05, 3.63) is 34.7 Å². The normalized spacial score (nSPS) is 13.0. The molecule has 0 saturated carbocycles. The Morgan fingerprint density at radius 1 is 1.43 bits per heavy atom.